The molecule has 0 fully saturated rings. The molecule has 0 unspecified atom stereocenters. The molecule has 0 saturated carbocycles. The van der Waals surface area contributed by atoms with Crippen LogP contribution < -0.4 is 4.72 Å². The third kappa shape index (κ3) is 2.73. The molecule has 1 aromatic carbocycles. The average Bonchev–Trinajstić information content (AvgIpc) is 2.15. The van der Waals surface area contributed by atoms with Crippen LogP contribution in [0.4, 0.5) is 0 Å². The fourth-order valence-electron chi connectivity index (χ4n) is 1.21. The third-order valence-corrected chi connectivity index (χ3v) is 3.78. The molecule has 0 atom stereocenters. The van der Waals surface area contributed by atoms with E-state index >= 15 is 0 Å². The van der Waals surface area contributed by atoms with Crippen LogP contribution in [-0.4, -0.2) is 14.5 Å². The Morgan fingerprint density at radius 1 is 1.44 bits per heavy atom. The van der Waals surface area contributed by atoms with Crippen molar-refractivity contribution in [2.75, 3.05) is 0 Å². The first-order chi connectivity index (χ1) is 7.38. The van der Waals surface area contributed by atoms with E-state index in [1.165, 1.54) is 18.2 Å². The molecule has 0 aromatic heterocycles. The summed E-state index contributed by atoms with van der Waals surface area (Å²) in [6.45, 7) is 3.41. The summed E-state index contributed by atoms with van der Waals surface area (Å²) in [4.78, 5) is -0.0869. The predicted molar refractivity (Wildman–Crippen MR) is 61.6 cm³/mol. The van der Waals surface area contributed by atoms with Crippen LogP contribution in [0.25, 0.3) is 0 Å². The zero-order valence-corrected chi connectivity index (χ0v) is 10.4. The normalized spacial score (nSPS) is 11.4. The van der Waals surface area contributed by atoms with Crippen LogP contribution in [0, 0.1) is 11.3 Å². The van der Waals surface area contributed by atoms with Crippen molar-refractivity contribution in [1.29, 1.82) is 5.26 Å². The van der Waals surface area contributed by atoms with Gasteiger partial charge in [0.1, 0.15) is 11.0 Å². The molecule has 16 heavy (non-hydrogen) atoms. The number of nitrogens with zero attached hydrogens (tertiary/aromatic N) is 1. The van der Waals surface area contributed by atoms with Crippen LogP contribution in [0.5, 0.6) is 0 Å². The minimum absolute atomic E-state index is 0.0303. The molecule has 0 heterocycles. The highest BCUT2D eigenvalue weighted by Crippen LogP contribution is 2.22. The summed E-state index contributed by atoms with van der Waals surface area (Å²) >= 11 is 5.76. The Hall–Kier alpha value is -1.09. The first kappa shape index (κ1) is 13.0. The van der Waals surface area contributed by atoms with Gasteiger partial charge in [-0.2, -0.15) is 5.26 Å². The maximum absolute atomic E-state index is 11.9. The number of benzene rings is 1. The largest absolute Gasteiger partial charge is 0.242 e. The van der Waals surface area contributed by atoms with Gasteiger partial charge in [-0.15, -0.1) is 0 Å². The second kappa shape index (κ2) is 4.83. The van der Waals surface area contributed by atoms with E-state index in [1.807, 2.05) is 0 Å². The van der Waals surface area contributed by atoms with Gasteiger partial charge < -0.3 is 0 Å². The van der Waals surface area contributed by atoms with E-state index < -0.39 is 10.0 Å². The molecule has 0 saturated heterocycles. The van der Waals surface area contributed by atoms with Crippen LogP contribution in [0.2, 0.25) is 5.02 Å². The number of halogens is 1. The van der Waals surface area contributed by atoms with Gasteiger partial charge in [0.15, 0.2) is 0 Å². The number of sulfonamides is 1. The quantitative estimate of drug-likeness (QED) is 0.900. The van der Waals surface area contributed by atoms with Crippen molar-refractivity contribution in [3.05, 3.63) is 28.8 Å². The summed E-state index contributed by atoms with van der Waals surface area (Å²) in [7, 11) is -3.68. The summed E-state index contributed by atoms with van der Waals surface area (Å²) in [5, 5.41) is 9.00. The molecule has 0 aliphatic heterocycles. The molecule has 1 N–H and O–H groups in total. The standard InChI is InChI=1S/C10H11ClN2O2S/c1-7(2)13-16(14,15)10-5-3-4-9(11)8(10)6-12/h3-5,7,13H,1-2H3. The molecule has 0 radical (unpaired) electrons. The van der Waals surface area contributed by atoms with Crippen LogP contribution in [0.15, 0.2) is 23.1 Å². The minimum Gasteiger partial charge on any atom is -0.209 e. The molecule has 0 amide bonds. The summed E-state index contributed by atoms with van der Waals surface area (Å²) in [6.07, 6.45) is 0. The number of nitrogens with one attached hydrogen (secondary N) is 1. The second-order valence-electron chi connectivity index (χ2n) is 3.50. The minimum atomic E-state index is -3.68. The highest BCUT2D eigenvalue weighted by molar-refractivity contribution is 7.89. The van der Waals surface area contributed by atoms with E-state index in [0.717, 1.165) is 0 Å². The molecule has 0 aliphatic carbocycles. The fraction of sp³-hybridized carbons (Fsp3) is 0.300. The van der Waals surface area contributed by atoms with Crippen LogP contribution in [0.3, 0.4) is 0 Å². The summed E-state index contributed by atoms with van der Waals surface area (Å²) < 4.78 is 26.1. The Morgan fingerprint density at radius 2 is 2.06 bits per heavy atom. The van der Waals surface area contributed by atoms with E-state index in [4.69, 9.17) is 16.9 Å². The maximum atomic E-state index is 11.9. The Kier molecular flexibility index (Phi) is 3.92. The Labute approximate surface area is 99.9 Å². The molecule has 0 spiro atoms. The number of hydrogen-bond donors (Lipinski definition) is 1. The Balaban J connectivity index is 3.35. The first-order valence-electron chi connectivity index (χ1n) is 4.59. The van der Waals surface area contributed by atoms with Gasteiger partial charge >= 0.3 is 0 Å². The third-order valence-electron chi connectivity index (χ3n) is 1.77. The lowest BCUT2D eigenvalue weighted by atomic mass is 10.2. The SMILES string of the molecule is CC(C)NS(=O)(=O)c1cccc(Cl)c1C#N. The number of nitriles is 1. The summed E-state index contributed by atoms with van der Waals surface area (Å²) in [6, 6.07) is 5.89. The van der Waals surface area contributed by atoms with Gasteiger partial charge in [0.2, 0.25) is 10.0 Å². The second-order valence-corrected chi connectivity index (χ2v) is 5.59. The van der Waals surface area contributed by atoms with Crippen molar-refractivity contribution in [2.24, 2.45) is 0 Å². The molecule has 1 aromatic rings. The highest BCUT2D eigenvalue weighted by atomic mass is 35.5. The molecule has 1 rings (SSSR count). The topological polar surface area (TPSA) is 70.0 Å². The van der Waals surface area contributed by atoms with Gasteiger partial charge in [0.05, 0.1) is 10.6 Å². The van der Waals surface area contributed by atoms with E-state index in [2.05, 4.69) is 4.72 Å². The van der Waals surface area contributed by atoms with Gasteiger partial charge in [-0.1, -0.05) is 17.7 Å². The molecular formula is C10H11ClN2O2S. The molecular weight excluding hydrogens is 248 g/mol. The predicted octanol–water partition coefficient (Wildman–Crippen LogP) is 1.90. The maximum Gasteiger partial charge on any atom is 0.242 e. The van der Waals surface area contributed by atoms with Crippen LogP contribution >= 0.6 is 11.6 Å². The van der Waals surface area contributed by atoms with Crippen molar-refractivity contribution < 1.29 is 8.42 Å². The number of hydrogen-bond acceptors (Lipinski definition) is 3. The van der Waals surface area contributed by atoms with E-state index in [1.54, 1.807) is 19.9 Å². The first-order valence-corrected chi connectivity index (χ1v) is 6.45. The van der Waals surface area contributed by atoms with Crippen molar-refractivity contribution in [3.8, 4) is 6.07 Å². The number of rotatable bonds is 3. The average molecular weight is 259 g/mol. The zero-order chi connectivity index (χ0) is 12.3. The summed E-state index contributed by atoms with van der Waals surface area (Å²) in [5.74, 6) is 0. The lowest BCUT2D eigenvalue weighted by molar-refractivity contribution is 0.569. The molecule has 86 valence electrons. The Bertz CT molecular complexity index is 532. The summed E-state index contributed by atoms with van der Waals surface area (Å²) in [5.41, 5.74) is -0.0303. The fourth-order valence-corrected chi connectivity index (χ4v) is 2.91. The van der Waals surface area contributed by atoms with Crippen molar-refractivity contribution in [3.63, 3.8) is 0 Å². The lowest BCUT2D eigenvalue weighted by Crippen LogP contribution is -2.30. The smallest absolute Gasteiger partial charge is 0.209 e. The van der Waals surface area contributed by atoms with Gasteiger partial charge in [-0.25, -0.2) is 13.1 Å². The van der Waals surface area contributed by atoms with Crippen molar-refractivity contribution in [1.82, 2.24) is 4.72 Å². The molecule has 4 nitrogen and oxygen atoms in total. The molecule has 6 heteroatoms. The van der Waals surface area contributed by atoms with Gasteiger partial charge in [0, 0.05) is 6.04 Å². The lowest BCUT2D eigenvalue weighted by Gasteiger charge is -2.11. The monoisotopic (exact) mass is 258 g/mol. The molecule has 0 bridgehead atoms. The van der Waals surface area contributed by atoms with E-state index in [-0.39, 0.29) is 21.5 Å². The van der Waals surface area contributed by atoms with E-state index in [9.17, 15) is 8.42 Å². The van der Waals surface area contributed by atoms with Crippen molar-refractivity contribution in [2.45, 2.75) is 24.8 Å². The van der Waals surface area contributed by atoms with Crippen LogP contribution in [-0.2, 0) is 10.0 Å². The van der Waals surface area contributed by atoms with Gasteiger partial charge in [-0.05, 0) is 26.0 Å². The van der Waals surface area contributed by atoms with Gasteiger partial charge in [-0.3, -0.25) is 0 Å². The zero-order valence-electron chi connectivity index (χ0n) is 8.86. The van der Waals surface area contributed by atoms with Crippen molar-refractivity contribution >= 4 is 21.6 Å². The van der Waals surface area contributed by atoms with E-state index in [0.29, 0.717) is 0 Å². The van der Waals surface area contributed by atoms with Crippen LogP contribution in [0.1, 0.15) is 19.4 Å². The Morgan fingerprint density at radius 3 is 2.56 bits per heavy atom. The highest BCUT2D eigenvalue weighted by Gasteiger charge is 2.20. The van der Waals surface area contributed by atoms with Gasteiger partial charge in [0.25, 0.3) is 0 Å². The molecule has 0 aliphatic rings.